The van der Waals surface area contributed by atoms with Crippen molar-refractivity contribution in [2.24, 2.45) is 0 Å². The molecule has 0 radical (unpaired) electrons. The maximum Gasteiger partial charge on any atom is 0.410 e. The molecule has 1 amide bonds. The molecule has 106 valence electrons. The first-order valence-corrected chi connectivity index (χ1v) is 6.42. The fraction of sp³-hybridized carbons (Fsp3) is 0.533. The molecule has 0 aromatic rings. The lowest BCUT2D eigenvalue weighted by Crippen LogP contribution is -2.40. The van der Waals surface area contributed by atoms with E-state index in [2.05, 4.69) is 6.58 Å². The van der Waals surface area contributed by atoms with Gasteiger partial charge in [0, 0.05) is 13.1 Å². The van der Waals surface area contributed by atoms with Crippen molar-refractivity contribution in [1.82, 2.24) is 4.90 Å². The number of nitrogens with zero attached hydrogens (tertiary/aromatic N) is 1. The van der Waals surface area contributed by atoms with Gasteiger partial charge in [0.1, 0.15) is 5.60 Å². The summed E-state index contributed by atoms with van der Waals surface area (Å²) in [4.78, 5) is 13.6. The van der Waals surface area contributed by atoms with E-state index in [0.717, 1.165) is 11.1 Å². The second-order valence-electron chi connectivity index (χ2n) is 5.69. The highest BCUT2D eigenvalue weighted by atomic mass is 16.6. The molecule has 4 heteroatoms. The SMILES string of the molecule is C=CC1=C(/C=C(\C)O)CCN(C(=O)OC(C)(C)C)C1. The first-order valence-electron chi connectivity index (χ1n) is 6.42. The number of hydrogen-bond donors (Lipinski definition) is 1. The molecule has 1 aliphatic rings. The van der Waals surface area contributed by atoms with Crippen molar-refractivity contribution in [1.29, 1.82) is 0 Å². The first-order chi connectivity index (χ1) is 8.73. The number of allylic oxidation sites excluding steroid dienone is 2. The smallest absolute Gasteiger partial charge is 0.410 e. The summed E-state index contributed by atoms with van der Waals surface area (Å²) in [5.74, 6) is 0.264. The van der Waals surface area contributed by atoms with Crippen LogP contribution in [-0.2, 0) is 4.74 Å². The van der Waals surface area contributed by atoms with E-state index in [4.69, 9.17) is 4.74 Å². The molecule has 0 aliphatic carbocycles. The molecule has 0 saturated carbocycles. The standard InChI is InChI=1S/C15H23NO3/c1-6-12-10-16(14(18)19-15(3,4)5)8-7-13(12)9-11(2)17/h6,9,17H,1,7-8,10H2,2-5H3/b11-9+. The third-order valence-electron chi connectivity index (χ3n) is 2.71. The average molecular weight is 265 g/mol. The minimum Gasteiger partial charge on any atom is -0.513 e. The van der Waals surface area contributed by atoms with E-state index in [-0.39, 0.29) is 11.9 Å². The highest BCUT2D eigenvalue weighted by Gasteiger charge is 2.25. The lowest BCUT2D eigenvalue weighted by molar-refractivity contribution is 0.0262. The monoisotopic (exact) mass is 265 g/mol. The van der Waals surface area contributed by atoms with Gasteiger partial charge < -0.3 is 14.7 Å². The van der Waals surface area contributed by atoms with E-state index >= 15 is 0 Å². The summed E-state index contributed by atoms with van der Waals surface area (Å²) in [6, 6.07) is 0. The number of hydrogen-bond acceptors (Lipinski definition) is 3. The minimum atomic E-state index is -0.489. The molecule has 0 aromatic heterocycles. The van der Waals surface area contributed by atoms with E-state index in [1.165, 1.54) is 0 Å². The van der Waals surface area contributed by atoms with Crippen molar-refractivity contribution in [2.45, 2.75) is 39.7 Å². The molecule has 0 saturated heterocycles. The second kappa shape index (κ2) is 5.95. The molecule has 1 aliphatic heterocycles. The number of rotatable bonds is 2. The van der Waals surface area contributed by atoms with Gasteiger partial charge in [0.2, 0.25) is 0 Å². The Balaban J connectivity index is 2.81. The Morgan fingerprint density at radius 1 is 1.42 bits per heavy atom. The van der Waals surface area contributed by atoms with Crippen LogP contribution < -0.4 is 0 Å². The number of carbonyl (C=O) groups is 1. The lowest BCUT2D eigenvalue weighted by Gasteiger charge is -2.31. The molecule has 0 unspecified atom stereocenters. The minimum absolute atomic E-state index is 0.264. The molecule has 0 spiro atoms. The molecule has 0 fully saturated rings. The predicted octanol–water partition coefficient (Wildman–Crippen LogP) is 3.57. The van der Waals surface area contributed by atoms with E-state index in [1.807, 2.05) is 20.8 Å². The van der Waals surface area contributed by atoms with Crippen LogP contribution in [0, 0.1) is 0 Å². The normalized spacial score (nSPS) is 17.5. The number of aliphatic hydroxyl groups excluding tert-OH is 1. The van der Waals surface area contributed by atoms with Crippen LogP contribution in [0.1, 0.15) is 34.1 Å². The Morgan fingerprint density at radius 2 is 2.05 bits per heavy atom. The lowest BCUT2D eigenvalue weighted by atomic mass is 9.99. The first kappa shape index (κ1) is 15.3. The van der Waals surface area contributed by atoms with Gasteiger partial charge in [0.05, 0.1) is 5.76 Å². The number of ether oxygens (including phenoxy) is 1. The average Bonchev–Trinajstić information content (AvgIpc) is 2.26. The van der Waals surface area contributed by atoms with Gasteiger partial charge in [-0.3, -0.25) is 0 Å². The summed E-state index contributed by atoms with van der Waals surface area (Å²) in [6.45, 7) is 12.0. The summed E-state index contributed by atoms with van der Waals surface area (Å²) in [5.41, 5.74) is 1.48. The summed E-state index contributed by atoms with van der Waals surface area (Å²) < 4.78 is 5.35. The van der Waals surface area contributed by atoms with Crippen LogP contribution >= 0.6 is 0 Å². The van der Waals surface area contributed by atoms with E-state index in [0.29, 0.717) is 19.5 Å². The highest BCUT2D eigenvalue weighted by Crippen LogP contribution is 2.22. The van der Waals surface area contributed by atoms with Gasteiger partial charge in [-0.25, -0.2) is 4.79 Å². The predicted molar refractivity (Wildman–Crippen MR) is 76.0 cm³/mol. The fourth-order valence-electron chi connectivity index (χ4n) is 1.90. The van der Waals surface area contributed by atoms with Gasteiger partial charge >= 0.3 is 6.09 Å². The van der Waals surface area contributed by atoms with Gasteiger partial charge in [-0.2, -0.15) is 0 Å². The van der Waals surface area contributed by atoms with Gasteiger partial charge in [-0.05, 0) is 51.3 Å². The van der Waals surface area contributed by atoms with Crippen molar-refractivity contribution in [3.63, 3.8) is 0 Å². The molecular weight excluding hydrogens is 242 g/mol. The maximum absolute atomic E-state index is 12.0. The molecule has 1 N–H and O–H groups in total. The Bertz CT molecular complexity index is 423. The van der Waals surface area contributed by atoms with Gasteiger partial charge in [0.15, 0.2) is 0 Å². The molecular formula is C15H23NO3. The summed E-state index contributed by atoms with van der Waals surface area (Å²) >= 11 is 0. The second-order valence-corrected chi connectivity index (χ2v) is 5.69. The van der Waals surface area contributed by atoms with Crippen molar-refractivity contribution in [3.05, 3.63) is 35.6 Å². The zero-order chi connectivity index (χ0) is 14.6. The zero-order valence-electron chi connectivity index (χ0n) is 12.2. The van der Waals surface area contributed by atoms with Crippen molar-refractivity contribution in [3.8, 4) is 0 Å². The van der Waals surface area contributed by atoms with Crippen LogP contribution in [0.25, 0.3) is 0 Å². The van der Waals surface area contributed by atoms with Crippen molar-refractivity contribution < 1.29 is 14.6 Å². The number of carbonyl (C=O) groups excluding carboxylic acids is 1. The summed E-state index contributed by atoms with van der Waals surface area (Å²) in [6.07, 6.45) is 3.84. The van der Waals surface area contributed by atoms with Crippen molar-refractivity contribution >= 4 is 6.09 Å². The molecule has 0 atom stereocenters. The van der Waals surface area contributed by atoms with E-state index in [1.54, 1.807) is 24.0 Å². The molecule has 0 bridgehead atoms. The fourth-order valence-corrected chi connectivity index (χ4v) is 1.90. The molecule has 19 heavy (non-hydrogen) atoms. The van der Waals surface area contributed by atoms with Crippen LogP contribution in [0.3, 0.4) is 0 Å². The molecule has 4 nitrogen and oxygen atoms in total. The number of amides is 1. The highest BCUT2D eigenvalue weighted by molar-refractivity contribution is 5.69. The van der Waals surface area contributed by atoms with Gasteiger partial charge in [-0.15, -0.1) is 0 Å². The topological polar surface area (TPSA) is 49.8 Å². The van der Waals surface area contributed by atoms with E-state index < -0.39 is 5.60 Å². The van der Waals surface area contributed by atoms with Crippen LogP contribution in [0.15, 0.2) is 35.6 Å². The molecule has 0 aromatic carbocycles. The van der Waals surface area contributed by atoms with Crippen molar-refractivity contribution in [2.75, 3.05) is 13.1 Å². The summed E-state index contributed by atoms with van der Waals surface area (Å²) in [7, 11) is 0. The van der Waals surface area contributed by atoms with Crippen LogP contribution in [0.4, 0.5) is 4.79 Å². The van der Waals surface area contributed by atoms with Crippen LogP contribution in [-0.4, -0.2) is 34.8 Å². The molecule has 1 heterocycles. The zero-order valence-corrected chi connectivity index (χ0v) is 12.2. The van der Waals surface area contributed by atoms with Gasteiger partial charge in [-0.1, -0.05) is 12.7 Å². The van der Waals surface area contributed by atoms with Gasteiger partial charge in [0.25, 0.3) is 0 Å². The third kappa shape index (κ3) is 4.81. The van der Waals surface area contributed by atoms with Crippen LogP contribution in [0.5, 0.6) is 0 Å². The molecule has 1 rings (SSSR count). The third-order valence-corrected chi connectivity index (χ3v) is 2.71. The maximum atomic E-state index is 12.0. The largest absolute Gasteiger partial charge is 0.513 e. The Labute approximate surface area is 115 Å². The quantitative estimate of drug-likeness (QED) is 0.776. The Kier molecular flexibility index (Phi) is 4.81. The Morgan fingerprint density at radius 3 is 2.53 bits per heavy atom. The van der Waals surface area contributed by atoms with Crippen LogP contribution in [0.2, 0.25) is 0 Å². The number of aliphatic hydroxyl groups is 1. The Hall–Kier alpha value is -1.71. The van der Waals surface area contributed by atoms with E-state index in [9.17, 15) is 9.90 Å². The summed E-state index contributed by atoms with van der Waals surface area (Å²) in [5, 5.41) is 9.33.